The highest BCUT2D eigenvalue weighted by molar-refractivity contribution is 7.98. The number of hydrogen-bond acceptors (Lipinski definition) is 4. The maximum Gasteiger partial charge on any atom is 0.246 e. The molecule has 0 fully saturated rings. The van der Waals surface area contributed by atoms with E-state index in [1.54, 1.807) is 4.68 Å². The van der Waals surface area contributed by atoms with E-state index in [9.17, 15) is 4.79 Å². The molecule has 1 amide bonds. The molecule has 17 heavy (non-hydrogen) atoms. The molecule has 0 aromatic carbocycles. The number of carbonyl (C=O) groups excluding carboxylic acids is 1. The summed E-state index contributed by atoms with van der Waals surface area (Å²) in [5.74, 6) is 2.71. The molecule has 2 aliphatic heterocycles. The van der Waals surface area contributed by atoms with Crippen molar-refractivity contribution < 1.29 is 4.79 Å². The van der Waals surface area contributed by atoms with E-state index in [0.717, 1.165) is 29.6 Å². The van der Waals surface area contributed by atoms with E-state index in [1.165, 1.54) is 5.56 Å². The minimum absolute atomic E-state index is 0.0125. The van der Waals surface area contributed by atoms with Crippen molar-refractivity contribution in [2.24, 2.45) is 7.05 Å². The third-order valence-corrected chi connectivity index (χ3v) is 3.99. The molecule has 6 heteroatoms. The predicted molar refractivity (Wildman–Crippen MR) is 67.8 cm³/mol. The van der Waals surface area contributed by atoms with Gasteiger partial charge in [0.2, 0.25) is 5.91 Å². The summed E-state index contributed by atoms with van der Waals surface area (Å²) < 4.78 is 1.76. The summed E-state index contributed by atoms with van der Waals surface area (Å²) in [5, 5.41) is 10.5. The van der Waals surface area contributed by atoms with Crippen LogP contribution in [0.15, 0.2) is 12.2 Å². The van der Waals surface area contributed by atoms with Crippen LogP contribution in [0.3, 0.4) is 0 Å². The zero-order valence-corrected chi connectivity index (χ0v) is 10.4. The summed E-state index contributed by atoms with van der Waals surface area (Å²) in [6, 6.07) is -0.213. The number of aromatic nitrogens is 2. The van der Waals surface area contributed by atoms with E-state index in [-0.39, 0.29) is 11.9 Å². The molecule has 1 unspecified atom stereocenters. The summed E-state index contributed by atoms with van der Waals surface area (Å²) in [6.07, 6.45) is 3.86. The molecule has 1 atom stereocenters. The molecular weight excluding hydrogens is 236 g/mol. The van der Waals surface area contributed by atoms with Gasteiger partial charge in [-0.15, -0.1) is 0 Å². The average Bonchev–Trinajstić information content (AvgIpc) is 2.98. The number of anilines is 1. The van der Waals surface area contributed by atoms with Crippen LogP contribution < -0.4 is 10.6 Å². The predicted octanol–water partition coefficient (Wildman–Crippen LogP) is 0.633. The SMILES string of the molecule is Cn1nc2c(c1NC(=O)C1C=CCN1)CSC2. The highest BCUT2D eigenvalue weighted by Crippen LogP contribution is 2.34. The molecule has 0 aliphatic carbocycles. The minimum Gasteiger partial charge on any atom is -0.309 e. The van der Waals surface area contributed by atoms with E-state index in [2.05, 4.69) is 15.7 Å². The van der Waals surface area contributed by atoms with Crippen LogP contribution in [-0.4, -0.2) is 28.3 Å². The number of nitrogens with zero attached hydrogens (tertiary/aromatic N) is 2. The summed E-state index contributed by atoms with van der Waals surface area (Å²) in [6.45, 7) is 0.761. The number of amides is 1. The quantitative estimate of drug-likeness (QED) is 0.756. The van der Waals surface area contributed by atoms with E-state index in [4.69, 9.17) is 0 Å². The maximum absolute atomic E-state index is 12.0. The van der Waals surface area contributed by atoms with Gasteiger partial charge in [-0.05, 0) is 0 Å². The molecule has 2 aliphatic rings. The smallest absolute Gasteiger partial charge is 0.246 e. The Hall–Kier alpha value is -1.27. The largest absolute Gasteiger partial charge is 0.309 e. The Kier molecular flexibility index (Phi) is 2.68. The van der Waals surface area contributed by atoms with Crippen molar-refractivity contribution in [3.05, 3.63) is 23.4 Å². The topological polar surface area (TPSA) is 59.0 Å². The summed E-state index contributed by atoms with van der Waals surface area (Å²) in [4.78, 5) is 12.0. The fraction of sp³-hybridized carbons (Fsp3) is 0.455. The molecule has 0 spiro atoms. The van der Waals surface area contributed by atoms with Crippen LogP contribution >= 0.6 is 11.8 Å². The second kappa shape index (κ2) is 4.19. The normalized spacial score (nSPS) is 21.8. The van der Waals surface area contributed by atoms with Gasteiger partial charge >= 0.3 is 0 Å². The molecule has 5 nitrogen and oxygen atoms in total. The van der Waals surface area contributed by atoms with Crippen LogP contribution in [0.4, 0.5) is 5.82 Å². The number of hydrogen-bond donors (Lipinski definition) is 2. The molecule has 3 rings (SSSR count). The molecule has 1 aromatic heterocycles. The monoisotopic (exact) mass is 250 g/mol. The summed E-state index contributed by atoms with van der Waals surface area (Å²) in [5.41, 5.74) is 2.27. The van der Waals surface area contributed by atoms with Gasteiger partial charge in [-0.3, -0.25) is 14.8 Å². The number of fused-ring (bicyclic) bond motifs is 1. The highest BCUT2D eigenvalue weighted by atomic mass is 32.2. The van der Waals surface area contributed by atoms with E-state index in [0.29, 0.717) is 0 Å². The molecule has 0 radical (unpaired) electrons. The van der Waals surface area contributed by atoms with Gasteiger partial charge < -0.3 is 5.32 Å². The van der Waals surface area contributed by atoms with Gasteiger partial charge in [0.1, 0.15) is 11.9 Å². The van der Waals surface area contributed by atoms with E-state index in [1.807, 2.05) is 31.0 Å². The number of nitrogens with one attached hydrogen (secondary N) is 2. The maximum atomic E-state index is 12.0. The van der Waals surface area contributed by atoms with E-state index >= 15 is 0 Å². The van der Waals surface area contributed by atoms with Crippen LogP contribution in [0.25, 0.3) is 0 Å². The average molecular weight is 250 g/mol. The first kappa shape index (κ1) is 10.9. The minimum atomic E-state index is -0.213. The Balaban J connectivity index is 1.81. The Bertz CT molecular complexity index is 494. The molecule has 0 saturated carbocycles. The lowest BCUT2D eigenvalue weighted by Crippen LogP contribution is -2.36. The third kappa shape index (κ3) is 1.87. The van der Waals surface area contributed by atoms with Crippen molar-refractivity contribution in [1.82, 2.24) is 15.1 Å². The van der Waals surface area contributed by atoms with Gasteiger partial charge in [0.15, 0.2) is 0 Å². The summed E-state index contributed by atoms with van der Waals surface area (Å²) >= 11 is 1.84. The van der Waals surface area contributed by atoms with Gasteiger partial charge in [0, 0.05) is 30.7 Å². The molecule has 1 aromatic rings. The second-order valence-corrected chi connectivity index (χ2v) is 5.18. The van der Waals surface area contributed by atoms with Crippen molar-refractivity contribution >= 4 is 23.5 Å². The zero-order chi connectivity index (χ0) is 11.8. The molecule has 0 bridgehead atoms. The van der Waals surface area contributed by atoms with Crippen molar-refractivity contribution in [2.45, 2.75) is 17.5 Å². The van der Waals surface area contributed by atoms with Crippen LogP contribution in [0.5, 0.6) is 0 Å². The van der Waals surface area contributed by atoms with Gasteiger partial charge in [-0.2, -0.15) is 16.9 Å². The molecule has 2 N–H and O–H groups in total. The van der Waals surface area contributed by atoms with Crippen molar-refractivity contribution in [1.29, 1.82) is 0 Å². The molecule has 90 valence electrons. The molecule has 3 heterocycles. The first-order valence-electron chi connectivity index (χ1n) is 5.59. The number of carbonyl (C=O) groups is 1. The number of thioether (sulfide) groups is 1. The third-order valence-electron chi connectivity index (χ3n) is 3.02. The van der Waals surface area contributed by atoms with Crippen LogP contribution in [-0.2, 0) is 23.3 Å². The lowest BCUT2D eigenvalue weighted by Gasteiger charge is -2.11. The zero-order valence-electron chi connectivity index (χ0n) is 9.56. The van der Waals surface area contributed by atoms with Crippen LogP contribution in [0.2, 0.25) is 0 Å². The van der Waals surface area contributed by atoms with Crippen LogP contribution in [0, 0.1) is 0 Å². The highest BCUT2D eigenvalue weighted by Gasteiger charge is 2.25. The van der Waals surface area contributed by atoms with Crippen molar-refractivity contribution in [2.75, 3.05) is 11.9 Å². The summed E-state index contributed by atoms with van der Waals surface area (Å²) in [7, 11) is 1.87. The van der Waals surface area contributed by atoms with Crippen LogP contribution in [0.1, 0.15) is 11.3 Å². The molecular formula is C11H14N4OS. The Morgan fingerprint density at radius 2 is 2.53 bits per heavy atom. The first-order chi connectivity index (χ1) is 8.25. The van der Waals surface area contributed by atoms with Crippen molar-refractivity contribution in [3.8, 4) is 0 Å². The second-order valence-electron chi connectivity index (χ2n) is 4.19. The Labute approximate surface area is 104 Å². The lowest BCUT2D eigenvalue weighted by molar-refractivity contribution is -0.117. The first-order valence-corrected chi connectivity index (χ1v) is 6.74. The van der Waals surface area contributed by atoms with E-state index < -0.39 is 0 Å². The van der Waals surface area contributed by atoms with Crippen molar-refractivity contribution in [3.63, 3.8) is 0 Å². The Morgan fingerprint density at radius 1 is 1.65 bits per heavy atom. The van der Waals surface area contributed by atoms with Gasteiger partial charge in [0.25, 0.3) is 0 Å². The standard InChI is InChI=1S/C11H14N4OS/c1-15-10(7-5-17-6-9(7)14-15)13-11(16)8-3-2-4-12-8/h2-3,8,12H,4-6H2,1H3,(H,13,16). The van der Waals surface area contributed by atoms with Gasteiger partial charge in [-0.1, -0.05) is 12.2 Å². The lowest BCUT2D eigenvalue weighted by atomic mass is 10.2. The fourth-order valence-corrected chi connectivity index (χ4v) is 3.17. The molecule has 0 saturated heterocycles. The Morgan fingerprint density at radius 3 is 3.29 bits per heavy atom. The van der Waals surface area contributed by atoms with Gasteiger partial charge in [-0.25, -0.2) is 0 Å². The van der Waals surface area contributed by atoms with Gasteiger partial charge in [0.05, 0.1) is 5.69 Å². The number of rotatable bonds is 2. The fourth-order valence-electron chi connectivity index (χ4n) is 2.14. The number of aryl methyl sites for hydroxylation is 1.